The second-order valence-electron chi connectivity index (χ2n) is 3.71. The van der Waals surface area contributed by atoms with Crippen LogP contribution >= 0.6 is 0 Å². The van der Waals surface area contributed by atoms with Gasteiger partial charge in [0.05, 0.1) is 12.8 Å². The minimum atomic E-state index is -0.372. The number of aldehydes is 2. The molecule has 0 aliphatic rings. The van der Waals surface area contributed by atoms with Crippen LogP contribution < -0.4 is 15.0 Å². The highest BCUT2D eigenvalue weighted by molar-refractivity contribution is 5.95. The van der Waals surface area contributed by atoms with E-state index in [0.29, 0.717) is 23.3 Å². The van der Waals surface area contributed by atoms with Gasteiger partial charge in [0.25, 0.3) is 0 Å². The third-order valence-corrected chi connectivity index (χ3v) is 2.56. The van der Waals surface area contributed by atoms with E-state index in [0.717, 1.165) is 6.29 Å². The van der Waals surface area contributed by atoms with Gasteiger partial charge in [-0.05, 0) is 18.2 Å². The van der Waals surface area contributed by atoms with E-state index in [4.69, 9.17) is 4.74 Å². The van der Waals surface area contributed by atoms with E-state index in [1.54, 1.807) is 18.2 Å². The maximum atomic E-state index is 11.8. The smallest absolute Gasteiger partial charge is 0.321 e. The molecule has 1 aromatic carbocycles. The predicted molar refractivity (Wildman–Crippen MR) is 70.9 cm³/mol. The molecule has 1 N–H and O–H groups in total. The van der Waals surface area contributed by atoms with E-state index in [9.17, 15) is 14.4 Å². The highest BCUT2D eigenvalue weighted by atomic mass is 16.5. The molecule has 0 aliphatic heterocycles. The van der Waals surface area contributed by atoms with Gasteiger partial charge in [0, 0.05) is 25.6 Å². The molecule has 102 valence electrons. The Morgan fingerprint density at radius 1 is 1.42 bits per heavy atom. The molecule has 1 rings (SSSR count). The second kappa shape index (κ2) is 7.15. The molecule has 0 unspecified atom stereocenters. The fourth-order valence-corrected chi connectivity index (χ4v) is 1.64. The molecule has 0 saturated carbocycles. The molecule has 0 fully saturated rings. The zero-order valence-corrected chi connectivity index (χ0v) is 10.9. The van der Waals surface area contributed by atoms with E-state index >= 15 is 0 Å². The van der Waals surface area contributed by atoms with Crippen LogP contribution in [0.4, 0.5) is 10.5 Å². The monoisotopic (exact) mass is 264 g/mol. The SMILES string of the molecule is CNC(=O)N(CCC=O)c1cc(C=O)ccc1OC. The van der Waals surface area contributed by atoms with Crippen molar-refractivity contribution in [2.75, 3.05) is 25.6 Å². The number of urea groups is 1. The zero-order chi connectivity index (χ0) is 14.3. The van der Waals surface area contributed by atoms with Crippen molar-refractivity contribution in [3.8, 4) is 5.75 Å². The number of anilines is 1. The van der Waals surface area contributed by atoms with Crippen LogP contribution in [0.1, 0.15) is 16.8 Å². The minimum absolute atomic E-state index is 0.196. The summed E-state index contributed by atoms with van der Waals surface area (Å²) < 4.78 is 5.17. The maximum Gasteiger partial charge on any atom is 0.321 e. The van der Waals surface area contributed by atoms with Crippen LogP contribution in [0.15, 0.2) is 18.2 Å². The molecule has 0 bridgehead atoms. The average molecular weight is 264 g/mol. The Kier molecular flexibility index (Phi) is 5.53. The number of nitrogens with zero attached hydrogens (tertiary/aromatic N) is 1. The summed E-state index contributed by atoms with van der Waals surface area (Å²) >= 11 is 0. The summed E-state index contributed by atoms with van der Waals surface area (Å²) in [6.45, 7) is 0.210. The van der Waals surface area contributed by atoms with E-state index in [-0.39, 0.29) is 19.0 Å². The van der Waals surface area contributed by atoms with Gasteiger partial charge >= 0.3 is 6.03 Å². The fourth-order valence-electron chi connectivity index (χ4n) is 1.64. The normalized spacial score (nSPS) is 9.58. The van der Waals surface area contributed by atoms with Crippen molar-refractivity contribution in [3.05, 3.63) is 23.8 Å². The van der Waals surface area contributed by atoms with Crippen LogP contribution in [0.25, 0.3) is 0 Å². The number of ether oxygens (including phenoxy) is 1. The van der Waals surface area contributed by atoms with Gasteiger partial charge in [0.15, 0.2) is 0 Å². The van der Waals surface area contributed by atoms with Crippen LogP contribution in [0.2, 0.25) is 0 Å². The van der Waals surface area contributed by atoms with Crippen LogP contribution in [0.5, 0.6) is 5.75 Å². The van der Waals surface area contributed by atoms with Crippen LogP contribution in [-0.2, 0) is 4.79 Å². The van der Waals surface area contributed by atoms with Crippen molar-refractivity contribution in [2.24, 2.45) is 0 Å². The third kappa shape index (κ3) is 3.54. The van der Waals surface area contributed by atoms with E-state index in [1.807, 2.05) is 0 Å². The first kappa shape index (κ1) is 14.7. The molecule has 6 heteroatoms. The quantitative estimate of drug-likeness (QED) is 0.784. The van der Waals surface area contributed by atoms with Crippen LogP contribution in [-0.4, -0.2) is 39.3 Å². The van der Waals surface area contributed by atoms with Crippen molar-refractivity contribution >= 4 is 24.3 Å². The Labute approximate surface area is 111 Å². The molecule has 0 spiro atoms. The van der Waals surface area contributed by atoms with Crippen LogP contribution in [0, 0.1) is 0 Å². The largest absolute Gasteiger partial charge is 0.495 e. The van der Waals surface area contributed by atoms with Crippen LogP contribution in [0.3, 0.4) is 0 Å². The molecular weight excluding hydrogens is 248 g/mol. The summed E-state index contributed by atoms with van der Waals surface area (Å²) in [7, 11) is 2.97. The number of rotatable bonds is 6. The number of benzene rings is 1. The Hall–Kier alpha value is -2.37. The number of carbonyl (C=O) groups excluding carboxylic acids is 3. The van der Waals surface area contributed by atoms with E-state index in [1.165, 1.54) is 19.1 Å². The highest BCUT2D eigenvalue weighted by Crippen LogP contribution is 2.29. The average Bonchev–Trinajstić information content (AvgIpc) is 2.46. The lowest BCUT2D eigenvalue weighted by Gasteiger charge is -2.23. The number of carbonyl (C=O) groups is 3. The summed E-state index contributed by atoms with van der Waals surface area (Å²) in [5.41, 5.74) is 0.879. The van der Waals surface area contributed by atoms with Gasteiger partial charge in [0.1, 0.15) is 18.3 Å². The summed E-state index contributed by atoms with van der Waals surface area (Å²) in [6.07, 6.45) is 1.61. The van der Waals surface area contributed by atoms with E-state index < -0.39 is 0 Å². The first-order valence-electron chi connectivity index (χ1n) is 5.74. The number of amides is 2. The molecule has 0 heterocycles. The summed E-state index contributed by atoms with van der Waals surface area (Å²) in [5, 5.41) is 2.49. The van der Waals surface area contributed by atoms with Crippen molar-refractivity contribution in [3.63, 3.8) is 0 Å². The lowest BCUT2D eigenvalue weighted by atomic mass is 10.2. The lowest BCUT2D eigenvalue weighted by molar-refractivity contribution is -0.107. The molecule has 0 aliphatic carbocycles. The molecule has 0 aromatic heterocycles. The Bertz CT molecular complexity index is 474. The molecular formula is C13H16N2O4. The molecule has 19 heavy (non-hydrogen) atoms. The number of hydrogen-bond acceptors (Lipinski definition) is 4. The number of hydrogen-bond donors (Lipinski definition) is 1. The number of methoxy groups -OCH3 is 1. The molecule has 0 saturated heterocycles. The van der Waals surface area contributed by atoms with Crippen molar-refractivity contribution in [1.29, 1.82) is 0 Å². The Morgan fingerprint density at radius 3 is 2.68 bits per heavy atom. The summed E-state index contributed by atoms with van der Waals surface area (Å²) in [6, 6.07) is 4.38. The first-order chi connectivity index (χ1) is 9.17. The van der Waals surface area contributed by atoms with Gasteiger partial charge < -0.3 is 14.8 Å². The van der Waals surface area contributed by atoms with Gasteiger partial charge in [-0.25, -0.2) is 4.79 Å². The first-order valence-corrected chi connectivity index (χ1v) is 5.74. The molecule has 0 radical (unpaired) electrons. The second-order valence-corrected chi connectivity index (χ2v) is 3.71. The van der Waals surface area contributed by atoms with Gasteiger partial charge in [-0.15, -0.1) is 0 Å². The van der Waals surface area contributed by atoms with Crippen molar-refractivity contribution in [2.45, 2.75) is 6.42 Å². The highest BCUT2D eigenvalue weighted by Gasteiger charge is 2.18. The maximum absolute atomic E-state index is 11.8. The summed E-state index contributed by atoms with van der Waals surface area (Å²) in [5.74, 6) is 0.458. The summed E-state index contributed by atoms with van der Waals surface area (Å²) in [4.78, 5) is 34.5. The lowest BCUT2D eigenvalue weighted by Crippen LogP contribution is -2.39. The number of nitrogens with one attached hydrogen (secondary N) is 1. The fraction of sp³-hybridized carbons (Fsp3) is 0.308. The van der Waals surface area contributed by atoms with Gasteiger partial charge in [0.2, 0.25) is 0 Å². The molecule has 1 aromatic rings. The topological polar surface area (TPSA) is 75.7 Å². The molecule has 0 atom stereocenters. The zero-order valence-electron chi connectivity index (χ0n) is 10.9. The Balaban J connectivity index is 3.21. The van der Waals surface area contributed by atoms with Crippen molar-refractivity contribution in [1.82, 2.24) is 5.32 Å². The molecule has 6 nitrogen and oxygen atoms in total. The van der Waals surface area contributed by atoms with E-state index in [2.05, 4.69) is 5.32 Å². The van der Waals surface area contributed by atoms with Crippen molar-refractivity contribution < 1.29 is 19.1 Å². The van der Waals surface area contributed by atoms with Gasteiger partial charge in [-0.2, -0.15) is 0 Å². The minimum Gasteiger partial charge on any atom is -0.495 e. The molecule has 2 amide bonds. The van der Waals surface area contributed by atoms with Gasteiger partial charge in [-0.3, -0.25) is 9.69 Å². The standard InChI is InChI=1S/C13H16N2O4/c1-14-13(18)15(6-3-7-16)11-8-10(9-17)4-5-12(11)19-2/h4-5,7-9H,3,6H2,1-2H3,(H,14,18). The third-order valence-electron chi connectivity index (χ3n) is 2.56. The van der Waals surface area contributed by atoms with Gasteiger partial charge in [-0.1, -0.05) is 0 Å². The predicted octanol–water partition coefficient (Wildman–Crippen LogP) is 1.24. The Morgan fingerprint density at radius 2 is 2.16 bits per heavy atom.